The highest BCUT2D eigenvalue weighted by Gasteiger charge is 2.45. The number of nitrogens with zero attached hydrogens (tertiary/aromatic N) is 1. The summed E-state index contributed by atoms with van der Waals surface area (Å²) in [6, 6.07) is 8.06. The van der Waals surface area contributed by atoms with Crippen molar-refractivity contribution in [1.82, 2.24) is 4.90 Å². The zero-order chi connectivity index (χ0) is 23.7. The van der Waals surface area contributed by atoms with Crippen molar-refractivity contribution in [3.63, 3.8) is 0 Å². The molecule has 0 bridgehead atoms. The van der Waals surface area contributed by atoms with Crippen LogP contribution in [0.5, 0.6) is 0 Å². The van der Waals surface area contributed by atoms with Crippen molar-refractivity contribution in [3.05, 3.63) is 58.1 Å². The van der Waals surface area contributed by atoms with Gasteiger partial charge in [0.15, 0.2) is 0 Å². The Bertz CT molecular complexity index is 1040. The van der Waals surface area contributed by atoms with Gasteiger partial charge in [-0.25, -0.2) is 0 Å². The number of benzene rings is 1. The van der Waals surface area contributed by atoms with E-state index >= 15 is 0 Å². The number of carbonyl (C=O) groups is 3. The van der Waals surface area contributed by atoms with E-state index in [4.69, 9.17) is 9.47 Å². The summed E-state index contributed by atoms with van der Waals surface area (Å²) in [5, 5.41) is 0. The molecule has 1 aliphatic heterocycles. The Morgan fingerprint density at radius 1 is 1.06 bits per heavy atom. The monoisotopic (exact) mass is 469 g/mol. The molecule has 0 saturated carbocycles. The molecule has 1 fully saturated rings. The van der Waals surface area contributed by atoms with Crippen LogP contribution in [0.2, 0.25) is 0 Å². The number of hydrogen-bond donors (Lipinski definition) is 0. The van der Waals surface area contributed by atoms with Gasteiger partial charge in [-0.15, -0.1) is 0 Å². The predicted molar refractivity (Wildman–Crippen MR) is 128 cm³/mol. The number of ketones is 2. The van der Waals surface area contributed by atoms with Crippen LogP contribution in [0.15, 0.2) is 46.9 Å². The summed E-state index contributed by atoms with van der Waals surface area (Å²) in [4.78, 5) is 42.2. The van der Waals surface area contributed by atoms with Gasteiger partial charge >= 0.3 is 0 Å². The van der Waals surface area contributed by atoms with Crippen LogP contribution in [0.4, 0.5) is 0 Å². The van der Waals surface area contributed by atoms with Crippen LogP contribution >= 0.6 is 11.8 Å². The van der Waals surface area contributed by atoms with Crippen LogP contribution in [0.25, 0.3) is 0 Å². The first-order chi connectivity index (χ1) is 15.9. The van der Waals surface area contributed by atoms with E-state index in [0.29, 0.717) is 11.1 Å². The van der Waals surface area contributed by atoms with Gasteiger partial charge in [0.05, 0.1) is 14.2 Å². The standard InChI is InChI=1S/C26H31NO5S/c1-15(26(30)27-11-13-33-14-12-27)18-10-9-17-7-5-6-8-19(17)21(18)20-16(2)22(28)24(31-3)25(32-4)23(20)29/h5-8,15,18,21H,9-14H2,1-4H3/t15-,18-,21-/m1/s1. The third-order valence-electron chi connectivity index (χ3n) is 7.25. The van der Waals surface area contributed by atoms with E-state index in [9.17, 15) is 14.4 Å². The Morgan fingerprint density at radius 2 is 1.70 bits per heavy atom. The Morgan fingerprint density at radius 3 is 2.36 bits per heavy atom. The molecule has 6 nitrogen and oxygen atoms in total. The molecule has 0 spiro atoms. The Kier molecular flexibility index (Phi) is 6.98. The number of allylic oxidation sites excluding steroid dienone is 2. The molecule has 0 radical (unpaired) electrons. The zero-order valence-electron chi connectivity index (χ0n) is 19.7. The van der Waals surface area contributed by atoms with Gasteiger partial charge in [-0.1, -0.05) is 31.2 Å². The van der Waals surface area contributed by atoms with Crippen molar-refractivity contribution >= 4 is 29.2 Å². The van der Waals surface area contributed by atoms with Crippen molar-refractivity contribution in [2.24, 2.45) is 11.8 Å². The quantitative estimate of drug-likeness (QED) is 0.615. The summed E-state index contributed by atoms with van der Waals surface area (Å²) in [6.45, 7) is 5.18. The van der Waals surface area contributed by atoms with E-state index in [1.807, 2.05) is 41.8 Å². The number of carbonyl (C=O) groups excluding carboxylic acids is 3. The third kappa shape index (κ3) is 4.12. The number of aryl methyl sites for hydroxylation is 1. The van der Waals surface area contributed by atoms with Gasteiger partial charge in [-0.2, -0.15) is 11.8 Å². The number of hydrogen-bond acceptors (Lipinski definition) is 6. The molecule has 1 aromatic carbocycles. The molecule has 1 saturated heterocycles. The summed E-state index contributed by atoms with van der Waals surface area (Å²) in [7, 11) is 2.75. The molecule has 0 N–H and O–H groups in total. The molecule has 4 rings (SSSR count). The number of Topliss-reactive ketones (excluding diaryl/α,β-unsaturated/α-hetero) is 2. The molecule has 1 amide bonds. The van der Waals surface area contributed by atoms with E-state index < -0.39 is 0 Å². The number of amides is 1. The largest absolute Gasteiger partial charge is 0.489 e. The maximum Gasteiger partial charge on any atom is 0.228 e. The van der Waals surface area contributed by atoms with Crippen LogP contribution in [-0.4, -0.2) is 61.2 Å². The number of thioether (sulfide) groups is 1. The maximum atomic E-state index is 13.7. The van der Waals surface area contributed by atoms with E-state index in [-0.39, 0.29) is 46.7 Å². The normalized spacial score (nSPS) is 24.5. The first-order valence-corrected chi connectivity index (χ1v) is 12.6. The van der Waals surface area contributed by atoms with E-state index in [1.165, 1.54) is 14.2 Å². The van der Waals surface area contributed by atoms with Gasteiger partial charge in [-0.05, 0) is 36.8 Å². The van der Waals surface area contributed by atoms with Crippen LogP contribution in [0, 0.1) is 11.8 Å². The molecule has 0 aromatic heterocycles. The second kappa shape index (κ2) is 9.75. The maximum absolute atomic E-state index is 13.7. The second-order valence-electron chi connectivity index (χ2n) is 8.87. The van der Waals surface area contributed by atoms with Crippen molar-refractivity contribution in [2.45, 2.75) is 32.6 Å². The average Bonchev–Trinajstić information content (AvgIpc) is 2.85. The highest BCUT2D eigenvalue weighted by atomic mass is 32.2. The summed E-state index contributed by atoms with van der Waals surface area (Å²) >= 11 is 1.87. The number of rotatable bonds is 5. The SMILES string of the molecule is COC1=C(OC)C(=O)C([C@H]2c3ccccc3CC[C@@H]2[C@@H](C)C(=O)N2CCSCC2)=C(C)C1=O. The molecular weight excluding hydrogens is 438 g/mol. The third-order valence-corrected chi connectivity index (χ3v) is 8.19. The first-order valence-electron chi connectivity index (χ1n) is 11.5. The average molecular weight is 470 g/mol. The topological polar surface area (TPSA) is 72.9 Å². The lowest BCUT2D eigenvalue weighted by atomic mass is 9.64. The van der Waals surface area contributed by atoms with Gasteiger partial charge in [0.25, 0.3) is 0 Å². The van der Waals surface area contributed by atoms with Gasteiger partial charge in [0.1, 0.15) is 0 Å². The lowest BCUT2D eigenvalue weighted by Gasteiger charge is -2.41. The predicted octanol–water partition coefficient (Wildman–Crippen LogP) is 3.52. The van der Waals surface area contributed by atoms with Crippen LogP contribution < -0.4 is 0 Å². The summed E-state index contributed by atoms with van der Waals surface area (Å²) in [5.41, 5.74) is 2.99. The fourth-order valence-electron chi connectivity index (χ4n) is 5.48. The fraction of sp³-hybridized carbons (Fsp3) is 0.500. The number of methoxy groups -OCH3 is 2. The highest BCUT2D eigenvalue weighted by Crippen LogP contribution is 2.48. The van der Waals surface area contributed by atoms with E-state index in [2.05, 4.69) is 6.07 Å². The molecule has 176 valence electrons. The first kappa shape index (κ1) is 23.6. The summed E-state index contributed by atoms with van der Waals surface area (Å²) < 4.78 is 10.6. The van der Waals surface area contributed by atoms with Crippen molar-refractivity contribution in [1.29, 1.82) is 0 Å². The smallest absolute Gasteiger partial charge is 0.228 e. The van der Waals surface area contributed by atoms with Crippen LogP contribution in [-0.2, 0) is 30.3 Å². The molecular formula is C26H31NO5S. The summed E-state index contributed by atoms with van der Waals surface area (Å²) in [5.74, 6) is 0.550. The molecule has 7 heteroatoms. The van der Waals surface area contributed by atoms with Gasteiger partial charge < -0.3 is 14.4 Å². The minimum atomic E-state index is -0.354. The molecule has 33 heavy (non-hydrogen) atoms. The number of fused-ring (bicyclic) bond motifs is 1. The van der Waals surface area contributed by atoms with Gasteiger partial charge in [-0.3, -0.25) is 14.4 Å². The Labute approximate surface area is 199 Å². The van der Waals surface area contributed by atoms with Gasteiger partial charge in [0.2, 0.25) is 29.0 Å². The van der Waals surface area contributed by atoms with E-state index in [1.54, 1.807) is 6.92 Å². The van der Waals surface area contributed by atoms with Crippen molar-refractivity contribution in [2.75, 3.05) is 38.8 Å². The molecule has 0 unspecified atom stereocenters. The molecule has 2 aliphatic carbocycles. The van der Waals surface area contributed by atoms with Gasteiger partial charge in [0, 0.05) is 47.6 Å². The van der Waals surface area contributed by atoms with Crippen LogP contribution in [0.3, 0.4) is 0 Å². The molecule has 1 aromatic rings. The Balaban J connectivity index is 1.80. The molecule has 1 heterocycles. The lowest BCUT2D eigenvalue weighted by Crippen LogP contribution is -2.45. The second-order valence-corrected chi connectivity index (χ2v) is 10.1. The lowest BCUT2D eigenvalue weighted by molar-refractivity contribution is -0.137. The minimum absolute atomic E-state index is 0.0562. The molecule has 3 aliphatic rings. The highest BCUT2D eigenvalue weighted by molar-refractivity contribution is 7.99. The van der Waals surface area contributed by atoms with Crippen molar-refractivity contribution in [3.8, 4) is 0 Å². The van der Waals surface area contributed by atoms with Crippen LogP contribution in [0.1, 0.15) is 37.3 Å². The minimum Gasteiger partial charge on any atom is -0.489 e. The Hall–Kier alpha value is -2.54. The fourth-order valence-corrected chi connectivity index (χ4v) is 6.39. The summed E-state index contributed by atoms with van der Waals surface area (Å²) in [6.07, 6.45) is 1.62. The van der Waals surface area contributed by atoms with Crippen molar-refractivity contribution < 1.29 is 23.9 Å². The number of ether oxygens (including phenoxy) is 2. The zero-order valence-corrected chi connectivity index (χ0v) is 20.5. The molecule has 3 atom stereocenters. The van der Waals surface area contributed by atoms with E-state index in [0.717, 1.165) is 48.6 Å².